The molecule has 0 bridgehead atoms. The zero-order valence-electron chi connectivity index (χ0n) is 12.3. The summed E-state index contributed by atoms with van der Waals surface area (Å²) >= 11 is 1.34. The van der Waals surface area contributed by atoms with Crippen LogP contribution in [0.5, 0.6) is 0 Å². The number of thiophene rings is 1. The van der Waals surface area contributed by atoms with Crippen molar-refractivity contribution >= 4 is 21.4 Å². The van der Waals surface area contributed by atoms with E-state index >= 15 is 0 Å². The van der Waals surface area contributed by atoms with Gasteiger partial charge in [0.1, 0.15) is 4.21 Å². The fourth-order valence-corrected chi connectivity index (χ4v) is 5.63. The van der Waals surface area contributed by atoms with Crippen LogP contribution in [-0.4, -0.2) is 21.5 Å². The smallest absolute Gasteiger partial charge is 0.250 e. The molecule has 1 aromatic heterocycles. The number of hydrogen-bond acceptors (Lipinski definition) is 4. The molecule has 2 rings (SSSR count). The van der Waals surface area contributed by atoms with Gasteiger partial charge in [0.25, 0.3) is 0 Å². The number of nitrogens with one attached hydrogen (secondary N) is 2. The highest BCUT2D eigenvalue weighted by molar-refractivity contribution is 7.91. The molecule has 1 saturated carbocycles. The van der Waals surface area contributed by atoms with Gasteiger partial charge in [-0.05, 0) is 50.3 Å². The lowest BCUT2D eigenvalue weighted by atomic mass is 9.80. The lowest BCUT2D eigenvalue weighted by Gasteiger charge is -2.32. The van der Waals surface area contributed by atoms with Crippen LogP contribution in [0.3, 0.4) is 0 Å². The summed E-state index contributed by atoms with van der Waals surface area (Å²) in [5, 5.41) is 3.04. The fraction of sp³-hybridized carbons (Fsp3) is 0.714. The summed E-state index contributed by atoms with van der Waals surface area (Å²) in [5.74, 6) is 1.11. The average Bonchev–Trinajstić information content (AvgIpc) is 2.83. The van der Waals surface area contributed by atoms with Crippen molar-refractivity contribution in [1.82, 2.24) is 10.0 Å². The van der Waals surface area contributed by atoms with Crippen LogP contribution in [0.25, 0.3) is 0 Å². The van der Waals surface area contributed by atoms with Gasteiger partial charge in [0.05, 0.1) is 0 Å². The Hall–Kier alpha value is -0.430. The van der Waals surface area contributed by atoms with E-state index in [4.69, 9.17) is 0 Å². The molecule has 4 nitrogen and oxygen atoms in total. The standard InChI is InChI=1S/C14H24N2O2S2/c1-10-4-6-13(11(2)8-10)16-20(17,18)14-7-5-12(19-14)9-15-3/h5,7,10-11,13,15-16H,4,6,8-9H2,1-3H3. The second-order valence-corrected chi connectivity index (χ2v) is 8.98. The third-order valence-corrected chi connectivity index (χ3v) is 7.06. The largest absolute Gasteiger partial charge is 0.315 e. The SMILES string of the molecule is CNCc1ccc(S(=O)(=O)NC2CCC(C)CC2C)s1. The molecule has 3 atom stereocenters. The highest BCUT2D eigenvalue weighted by atomic mass is 32.2. The second kappa shape index (κ2) is 6.56. The van der Waals surface area contributed by atoms with E-state index in [1.165, 1.54) is 11.3 Å². The van der Waals surface area contributed by atoms with Gasteiger partial charge in [0.2, 0.25) is 10.0 Å². The quantitative estimate of drug-likeness (QED) is 0.878. The van der Waals surface area contributed by atoms with E-state index in [1.54, 1.807) is 6.07 Å². The van der Waals surface area contributed by atoms with Gasteiger partial charge in [0, 0.05) is 17.5 Å². The van der Waals surface area contributed by atoms with Crippen LogP contribution in [0.1, 0.15) is 38.0 Å². The molecular formula is C14H24N2O2S2. The summed E-state index contributed by atoms with van der Waals surface area (Å²) in [6, 6.07) is 3.66. The Kier molecular flexibility index (Phi) is 5.23. The van der Waals surface area contributed by atoms with E-state index in [2.05, 4.69) is 23.9 Å². The molecule has 1 fully saturated rings. The van der Waals surface area contributed by atoms with Gasteiger partial charge in [0.15, 0.2) is 0 Å². The normalized spacial score (nSPS) is 27.6. The van der Waals surface area contributed by atoms with Crippen LogP contribution in [0, 0.1) is 11.8 Å². The molecule has 0 amide bonds. The molecule has 6 heteroatoms. The summed E-state index contributed by atoms with van der Waals surface area (Å²) in [6.45, 7) is 5.09. The Bertz CT molecular complexity index is 539. The van der Waals surface area contributed by atoms with Crippen LogP contribution in [0.15, 0.2) is 16.3 Å². The van der Waals surface area contributed by atoms with Crippen molar-refractivity contribution in [1.29, 1.82) is 0 Å². The fourth-order valence-electron chi connectivity index (χ4n) is 2.87. The van der Waals surface area contributed by atoms with Crippen LogP contribution in [-0.2, 0) is 16.6 Å². The number of hydrogen-bond donors (Lipinski definition) is 2. The van der Waals surface area contributed by atoms with Gasteiger partial charge in [-0.25, -0.2) is 13.1 Å². The topological polar surface area (TPSA) is 58.2 Å². The van der Waals surface area contributed by atoms with E-state index in [-0.39, 0.29) is 6.04 Å². The van der Waals surface area contributed by atoms with E-state index in [1.807, 2.05) is 13.1 Å². The summed E-state index contributed by atoms with van der Waals surface area (Å²) in [7, 11) is -1.51. The first-order valence-corrected chi connectivity index (χ1v) is 9.48. The molecule has 20 heavy (non-hydrogen) atoms. The Morgan fingerprint density at radius 2 is 2.05 bits per heavy atom. The van der Waals surface area contributed by atoms with Crippen LogP contribution < -0.4 is 10.0 Å². The zero-order chi connectivity index (χ0) is 14.8. The summed E-state index contributed by atoms with van der Waals surface area (Å²) < 4.78 is 28.2. The summed E-state index contributed by atoms with van der Waals surface area (Å²) in [5.41, 5.74) is 0. The molecule has 0 aromatic carbocycles. The minimum Gasteiger partial charge on any atom is -0.315 e. The van der Waals surface area contributed by atoms with Crippen LogP contribution in [0.4, 0.5) is 0 Å². The molecule has 114 valence electrons. The minimum atomic E-state index is -3.37. The maximum Gasteiger partial charge on any atom is 0.250 e. The first-order chi connectivity index (χ1) is 9.42. The van der Waals surface area contributed by atoms with Gasteiger partial charge in [-0.3, -0.25) is 0 Å². The van der Waals surface area contributed by atoms with Crippen molar-refractivity contribution in [3.05, 3.63) is 17.0 Å². The van der Waals surface area contributed by atoms with E-state index in [0.29, 0.717) is 22.6 Å². The Balaban J connectivity index is 2.06. The minimum absolute atomic E-state index is 0.0750. The van der Waals surface area contributed by atoms with Crippen molar-refractivity contribution in [3.63, 3.8) is 0 Å². The second-order valence-electron chi connectivity index (χ2n) is 5.87. The molecule has 2 N–H and O–H groups in total. The highest BCUT2D eigenvalue weighted by Crippen LogP contribution is 2.30. The van der Waals surface area contributed by atoms with Gasteiger partial charge in [-0.2, -0.15) is 0 Å². The van der Waals surface area contributed by atoms with E-state index in [9.17, 15) is 8.42 Å². The molecule has 0 radical (unpaired) electrons. The predicted molar refractivity (Wildman–Crippen MR) is 83.4 cm³/mol. The van der Waals surface area contributed by atoms with Gasteiger partial charge in [-0.15, -0.1) is 11.3 Å². The van der Waals surface area contributed by atoms with Gasteiger partial charge in [-0.1, -0.05) is 13.8 Å². The van der Waals surface area contributed by atoms with Gasteiger partial charge < -0.3 is 5.32 Å². The van der Waals surface area contributed by atoms with Crippen molar-refractivity contribution in [2.24, 2.45) is 11.8 Å². The predicted octanol–water partition coefficient (Wildman–Crippen LogP) is 2.57. The lowest BCUT2D eigenvalue weighted by molar-refractivity contribution is 0.249. The van der Waals surface area contributed by atoms with Crippen molar-refractivity contribution in [2.75, 3.05) is 7.05 Å². The Morgan fingerprint density at radius 3 is 2.70 bits per heavy atom. The molecule has 3 unspecified atom stereocenters. The monoisotopic (exact) mass is 316 g/mol. The Morgan fingerprint density at radius 1 is 1.30 bits per heavy atom. The third kappa shape index (κ3) is 3.81. The molecule has 1 heterocycles. The van der Waals surface area contributed by atoms with E-state index < -0.39 is 10.0 Å². The number of rotatable bonds is 5. The molecular weight excluding hydrogens is 292 g/mol. The number of sulfonamides is 1. The first-order valence-electron chi connectivity index (χ1n) is 7.18. The maximum absolute atomic E-state index is 12.4. The Labute approximate surface area is 126 Å². The van der Waals surface area contributed by atoms with Crippen LogP contribution >= 0.6 is 11.3 Å². The first kappa shape index (κ1) is 15.9. The van der Waals surface area contributed by atoms with Crippen molar-refractivity contribution in [2.45, 2.75) is 49.9 Å². The van der Waals surface area contributed by atoms with Crippen LogP contribution in [0.2, 0.25) is 0 Å². The third-order valence-electron chi connectivity index (χ3n) is 3.99. The average molecular weight is 316 g/mol. The molecule has 1 aromatic rings. The molecule has 1 aliphatic carbocycles. The van der Waals surface area contributed by atoms with E-state index in [0.717, 1.165) is 24.1 Å². The lowest BCUT2D eigenvalue weighted by Crippen LogP contribution is -2.42. The molecule has 0 saturated heterocycles. The zero-order valence-corrected chi connectivity index (χ0v) is 14.0. The van der Waals surface area contributed by atoms with Crippen molar-refractivity contribution < 1.29 is 8.42 Å². The summed E-state index contributed by atoms with van der Waals surface area (Å²) in [6.07, 6.45) is 3.14. The van der Waals surface area contributed by atoms with Crippen molar-refractivity contribution in [3.8, 4) is 0 Å². The molecule has 1 aliphatic rings. The molecule has 0 aliphatic heterocycles. The maximum atomic E-state index is 12.4. The van der Waals surface area contributed by atoms with Gasteiger partial charge >= 0.3 is 0 Å². The molecule has 0 spiro atoms. The summed E-state index contributed by atoms with van der Waals surface area (Å²) in [4.78, 5) is 1.04. The highest BCUT2D eigenvalue weighted by Gasteiger charge is 2.29.